The van der Waals surface area contributed by atoms with Crippen LogP contribution in [0.25, 0.3) is 0 Å². The van der Waals surface area contributed by atoms with Gasteiger partial charge in [0.05, 0.1) is 9.95 Å². The molecule has 0 aliphatic heterocycles. The van der Waals surface area contributed by atoms with Crippen molar-refractivity contribution < 1.29 is 4.92 Å². The number of nitrogens with zero attached hydrogens (tertiary/aromatic N) is 1. The van der Waals surface area contributed by atoms with Gasteiger partial charge >= 0.3 is 0 Å². The molecule has 2 aromatic rings. The molecule has 0 bridgehead atoms. The lowest BCUT2D eigenvalue weighted by molar-refractivity contribution is -0.385. The number of hydrogen-bond acceptors (Lipinski definition) is 4. The fourth-order valence-electron chi connectivity index (χ4n) is 1.89. The molecule has 6 heteroatoms. The molecule has 19 heavy (non-hydrogen) atoms. The fourth-order valence-corrected chi connectivity index (χ4v) is 3.23. The molecule has 2 rings (SSSR count). The SMILES string of the molecule is Cc1csc(C(N)Cc2ccccc2[N+](=O)[O-])c1Cl. The van der Waals surface area contributed by atoms with E-state index < -0.39 is 0 Å². The van der Waals surface area contributed by atoms with Gasteiger partial charge in [-0.05, 0) is 24.3 Å². The van der Waals surface area contributed by atoms with Crippen molar-refractivity contribution in [2.45, 2.75) is 19.4 Å². The van der Waals surface area contributed by atoms with Crippen molar-refractivity contribution >= 4 is 28.6 Å². The predicted octanol–water partition coefficient (Wildman–Crippen LogP) is 3.86. The molecule has 2 N–H and O–H groups in total. The number of nitro groups is 1. The van der Waals surface area contributed by atoms with Gasteiger partial charge in [0.25, 0.3) is 5.69 Å². The first-order valence-corrected chi connectivity index (χ1v) is 6.98. The van der Waals surface area contributed by atoms with Crippen molar-refractivity contribution in [1.82, 2.24) is 0 Å². The summed E-state index contributed by atoms with van der Waals surface area (Å²) < 4.78 is 0. The average Bonchev–Trinajstić information content (AvgIpc) is 2.70. The normalized spacial score (nSPS) is 12.4. The summed E-state index contributed by atoms with van der Waals surface area (Å²) in [5.41, 5.74) is 7.83. The third-order valence-corrected chi connectivity index (χ3v) is 4.74. The van der Waals surface area contributed by atoms with Crippen molar-refractivity contribution in [2.24, 2.45) is 5.73 Å². The minimum Gasteiger partial charge on any atom is -0.323 e. The van der Waals surface area contributed by atoms with E-state index in [2.05, 4.69) is 0 Å². The molecule has 0 aliphatic rings. The molecule has 1 aromatic carbocycles. The summed E-state index contributed by atoms with van der Waals surface area (Å²) >= 11 is 7.66. The highest BCUT2D eigenvalue weighted by Crippen LogP contribution is 2.34. The van der Waals surface area contributed by atoms with Gasteiger partial charge in [-0.3, -0.25) is 10.1 Å². The summed E-state index contributed by atoms with van der Waals surface area (Å²) in [6.07, 6.45) is 0.400. The highest BCUT2D eigenvalue weighted by molar-refractivity contribution is 7.10. The minimum absolute atomic E-state index is 0.0994. The van der Waals surface area contributed by atoms with Crippen molar-refractivity contribution in [3.8, 4) is 0 Å². The first-order chi connectivity index (χ1) is 9.00. The van der Waals surface area contributed by atoms with E-state index in [1.807, 2.05) is 12.3 Å². The summed E-state index contributed by atoms with van der Waals surface area (Å²) in [4.78, 5) is 11.4. The Bertz CT molecular complexity index is 612. The summed E-state index contributed by atoms with van der Waals surface area (Å²) in [7, 11) is 0. The number of para-hydroxylation sites is 1. The second kappa shape index (κ2) is 5.69. The Morgan fingerprint density at radius 3 is 2.74 bits per heavy atom. The molecule has 1 atom stereocenters. The van der Waals surface area contributed by atoms with E-state index in [9.17, 15) is 10.1 Å². The van der Waals surface area contributed by atoms with Gasteiger partial charge in [-0.25, -0.2) is 0 Å². The van der Waals surface area contributed by atoms with Crippen LogP contribution in [0.15, 0.2) is 29.6 Å². The number of rotatable bonds is 4. The Labute approximate surface area is 120 Å². The van der Waals surface area contributed by atoms with E-state index in [0.29, 0.717) is 17.0 Å². The molecule has 1 unspecified atom stereocenters. The van der Waals surface area contributed by atoms with E-state index in [-0.39, 0.29) is 16.7 Å². The van der Waals surface area contributed by atoms with Crippen molar-refractivity contribution in [3.63, 3.8) is 0 Å². The van der Waals surface area contributed by atoms with Gasteiger partial charge in [0, 0.05) is 22.5 Å². The van der Waals surface area contributed by atoms with Crippen LogP contribution in [0.3, 0.4) is 0 Å². The Morgan fingerprint density at radius 1 is 1.47 bits per heavy atom. The van der Waals surface area contributed by atoms with E-state index in [1.54, 1.807) is 18.2 Å². The van der Waals surface area contributed by atoms with E-state index in [0.717, 1.165) is 10.4 Å². The molecule has 0 saturated heterocycles. The maximum atomic E-state index is 11.0. The number of aryl methyl sites for hydroxylation is 1. The van der Waals surface area contributed by atoms with Gasteiger partial charge in [0.2, 0.25) is 0 Å². The van der Waals surface area contributed by atoms with Gasteiger partial charge in [0.15, 0.2) is 0 Å². The van der Waals surface area contributed by atoms with Gasteiger partial charge in [0.1, 0.15) is 0 Å². The molecule has 0 amide bonds. The van der Waals surface area contributed by atoms with E-state index in [4.69, 9.17) is 17.3 Å². The largest absolute Gasteiger partial charge is 0.323 e. The van der Waals surface area contributed by atoms with E-state index >= 15 is 0 Å². The molecule has 0 aliphatic carbocycles. The second-order valence-electron chi connectivity index (χ2n) is 4.29. The number of benzene rings is 1. The smallest absolute Gasteiger partial charge is 0.272 e. The third-order valence-electron chi connectivity index (χ3n) is 2.89. The Balaban J connectivity index is 2.27. The van der Waals surface area contributed by atoms with Crippen molar-refractivity contribution in [1.29, 1.82) is 0 Å². The van der Waals surface area contributed by atoms with Crippen LogP contribution < -0.4 is 5.73 Å². The lowest BCUT2D eigenvalue weighted by atomic mass is 10.0. The number of thiophene rings is 1. The number of hydrogen-bond donors (Lipinski definition) is 1. The molecule has 0 saturated carbocycles. The van der Waals surface area contributed by atoms with Crippen molar-refractivity contribution in [2.75, 3.05) is 0 Å². The van der Waals surface area contributed by atoms with Crippen LogP contribution in [0.5, 0.6) is 0 Å². The van der Waals surface area contributed by atoms with Crippen LogP contribution in [0.2, 0.25) is 5.02 Å². The quantitative estimate of drug-likeness (QED) is 0.688. The number of nitrogens with two attached hydrogens (primary N) is 1. The summed E-state index contributed by atoms with van der Waals surface area (Å²) in [5.74, 6) is 0. The Kier molecular flexibility index (Phi) is 4.19. The monoisotopic (exact) mass is 296 g/mol. The molecular formula is C13H13ClN2O2S. The zero-order valence-electron chi connectivity index (χ0n) is 10.3. The standard InChI is InChI=1S/C13H13ClN2O2S/c1-8-7-19-13(12(8)14)10(15)6-9-4-2-3-5-11(9)16(17)18/h2-5,7,10H,6,15H2,1H3. The highest BCUT2D eigenvalue weighted by atomic mass is 35.5. The van der Waals surface area contributed by atoms with Crippen LogP contribution >= 0.6 is 22.9 Å². The average molecular weight is 297 g/mol. The zero-order chi connectivity index (χ0) is 14.0. The molecular weight excluding hydrogens is 284 g/mol. The molecule has 0 fully saturated rings. The topological polar surface area (TPSA) is 69.2 Å². The van der Waals surface area contributed by atoms with Gasteiger partial charge < -0.3 is 5.73 Å². The summed E-state index contributed by atoms with van der Waals surface area (Å²) in [6.45, 7) is 1.92. The lowest BCUT2D eigenvalue weighted by Crippen LogP contribution is -2.13. The Morgan fingerprint density at radius 2 is 2.16 bits per heavy atom. The molecule has 1 heterocycles. The fraction of sp³-hybridized carbons (Fsp3) is 0.231. The second-order valence-corrected chi connectivity index (χ2v) is 5.58. The molecule has 1 aromatic heterocycles. The third kappa shape index (κ3) is 2.94. The van der Waals surface area contributed by atoms with Gasteiger partial charge in [-0.15, -0.1) is 11.3 Å². The predicted molar refractivity (Wildman–Crippen MR) is 77.8 cm³/mol. The number of halogens is 1. The van der Waals surface area contributed by atoms with E-state index in [1.165, 1.54) is 17.4 Å². The minimum atomic E-state index is -0.386. The van der Waals surface area contributed by atoms with Gasteiger partial charge in [-0.1, -0.05) is 29.8 Å². The molecule has 0 radical (unpaired) electrons. The number of nitro benzene ring substituents is 1. The van der Waals surface area contributed by atoms with Crippen LogP contribution in [-0.4, -0.2) is 4.92 Å². The van der Waals surface area contributed by atoms with Crippen LogP contribution in [-0.2, 0) is 6.42 Å². The zero-order valence-corrected chi connectivity index (χ0v) is 11.9. The first-order valence-electron chi connectivity index (χ1n) is 5.72. The Hall–Kier alpha value is -1.43. The molecule has 0 spiro atoms. The van der Waals surface area contributed by atoms with Gasteiger partial charge in [-0.2, -0.15) is 0 Å². The first kappa shape index (κ1) is 14.0. The van der Waals surface area contributed by atoms with Crippen molar-refractivity contribution in [3.05, 3.63) is 60.8 Å². The summed E-state index contributed by atoms with van der Waals surface area (Å²) in [6, 6.07) is 6.31. The molecule has 4 nitrogen and oxygen atoms in total. The summed E-state index contributed by atoms with van der Waals surface area (Å²) in [5, 5.41) is 13.6. The maximum Gasteiger partial charge on any atom is 0.272 e. The maximum absolute atomic E-state index is 11.0. The molecule has 100 valence electrons. The lowest BCUT2D eigenvalue weighted by Gasteiger charge is -2.11. The van der Waals surface area contributed by atoms with Crippen LogP contribution in [0.4, 0.5) is 5.69 Å². The van der Waals surface area contributed by atoms with Crippen LogP contribution in [0.1, 0.15) is 22.0 Å². The van der Waals surface area contributed by atoms with Crippen LogP contribution in [0, 0.1) is 17.0 Å². The highest BCUT2D eigenvalue weighted by Gasteiger charge is 2.19.